The Morgan fingerprint density at radius 3 is 2.40 bits per heavy atom. The number of esters is 1. The zero-order chi connectivity index (χ0) is 11.4. The van der Waals surface area contributed by atoms with Gasteiger partial charge in [0.1, 0.15) is 6.54 Å². The van der Waals surface area contributed by atoms with Gasteiger partial charge in [0, 0.05) is 12.5 Å². The van der Waals surface area contributed by atoms with Crippen molar-refractivity contribution in [3.05, 3.63) is 0 Å². The molecule has 0 heterocycles. The highest BCUT2D eigenvalue weighted by molar-refractivity contribution is 5.82. The maximum absolute atomic E-state index is 11.8. The maximum atomic E-state index is 11.8. The van der Waals surface area contributed by atoms with Crippen LogP contribution in [-0.4, -0.2) is 36.5 Å². The summed E-state index contributed by atoms with van der Waals surface area (Å²) in [6.07, 6.45) is 2.88. The summed E-state index contributed by atoms with van der Waals surface area (Å²) in [6, 6.07) is 0.0512. The van der Waals surface area contributed by atoms with Crippen LogP contribution in [0.5, 0.6) is 0 Å². The van der Waals surface area contributed by atoms with E-state index in [-0.39, 0.29) is 24.5 Å². The summed E-state index contributed by atoms with van der Waals surface area (Å²) in [5.41, 5.74) is 0. The fraction of sp³-hybridized carbons (Fsp3) is 0.818. The summed E-state index contributed by atoms with van der Waals surface area (Å²) in [6.45, 7) is 3.89. The van der Waals surface area contributed by atoms with Crippen molar-refractivity contribution >= 4 is 11.9 Å². The molecular formula is C11H19NO3. The van der Waals surface area contributed by atoms with Crippen molar-refractivity contribution in [2.24, 2.45) is 5.92 Å². The lowest BCUT2D eigenvalue weighted by molar-refractivity contribution is -0.148. The Bertz CT molecular complexity index is 246. The Hall–Kier alpha value is -1.06. The number of carbonyl (C=O) groups is 2. The molecule has 1 aliphatic rings. The second-order valence-electron chi connectivity index (χ2n) is 4.34. The lowest BCUT2D eigenvalue weighted by atomic mass is 10.2. The Kier molecular flexibility index (Phi) is 4.12. The molecule has 0 bridgehead atoms. The van der Waals surface area contributed by atoms with Gasteiger partial charge in [-0.15, -0.1) is 0 Å². The largest absolute Gasteiger partial charge is 0.468 e. The summed E-state index contributed by atoms with van der Waals surface area (Å²) in [7, 11) is 1.34. The van der Waals surface area contributed by atoms with Crippen LogP contribution in [-0.2, 0) is 14.3 Å². The number of ether oxygens (including phenoxy) is 1. The zero-order valence-corrected chi connectivity index (χ0v) is 9.66. The van der Waals surface area contributed by atoms with Crippen molar-refractivity contribution in [3.8, 4) is 0 Å². The van der Waals surface area contributed by atoms with Gasteiger partial charge in [-0.2, -0.15) is 0 Å². The molecular weight excluding hydrogens is 194 g/mol. The molecule has 0 aliphatic heterocycles. The summed E-state index contributed by atoms with van der Waals surface area (Å²) < 4.78 is 4.57. The second-order valence-corrected chi connectivity index (χ2v) is 4.34. The SMILES string of the molecule is COC(=O)CN(C(=O)CC1CC1)C(C)C. The van der Waals surface area contributed by atoms with Gasteiger partial charge in [-0.25, -0.2) is 0 Å². The van der Waals surface area contributed by atoms with Crippen molar-refractivity contribution in [2.45, 2.75) is 39.2 Å². The third-order valence-electron chi connectivity index (χ3n) is 2.63. The molecule has 0 N–H and O–H groups in total. The molecule has 0 atom stereocenters. The van der Waals surface area contributed by atoms with Crippen LogP contribution in [0.25, 0.3) is 0 Å². The van der Waals surface area contributed by atoms with Crippen molar-refractivity contribution in [3.63, 3.8) is 0 Å². The molecule has 1 aliphatic carbocycles. The molecule has 0 aromatic heterocycles. The lowest BCUT2D eigenvalue weighted by Crippen LogP contribution is -2.41. The Labute approximate surface area is 90.6 Å². The highest BCUT2D eigenvalue weighted by Crippen LogP contribution is 2.33. The van der Waals surface area contributed by atoms with Gasteiger partial charge in [-0.1, -0.05) is 0 Å². The van der Waals surface area contributed by atoms with Gasteiger partial charge in [-0.3, -0.25) is 9.59 Å². The molecule has 4 nitrogen and oxygen atoms in total. The Balaban J connectivity index is 2.47. The van der Waals surface area contributed by atoms with E-state index < -0.39 is 0 Å². The highest BCUT2D eigenvalue weighted by Gasteiger charge is 2.28. The van der Waals surface area contributed by atoms with E-state index in [1.807, 2.05) is 13.8 Å². The third kappa shape index (κ3) is 3.90. The van der Waals surface area contributed by atoms with Gasteiger partial charge in [0.05, 0.1) is 7.11 Å². The second kappa shape index (κ2) is 5.14. The summed E-state index contributed by atoms with van der Waals surface area (Å²) in [5, 5.41) is 0. The number of methoxy groups -OCH3 is 1. The molecule has 15 heavy (non-hydrogen) atoms. The highest BCUT2D eigenvalue weighted by atomic mass is 16.5. The molecule has 0 saturated heterocycles. The first kappa shape index (κ1) is 12.0. The van der Waals surface area contributed by atoms with Gasteiger partial charge < -0.3 is 9.64 Å². The number of amides is 1. The smallest absolute Gasteiger partial charge is 0.325 e. The molecule has 4 heteroatoms. The number of hydrogen-bond donors (Lipinski definition) is 0. The molecule has 0 aromatic carbocycles. The first-order valence-corrected chi connectivity index (χ1v) is 5.41. The predicted molar refractivity (Wildman–Crippen MR) is 56.2 cm³/mol. The van der Waals surface area contributed by atoms with Gasteiger partial charge in [0.25, 0.3) is 0 Å². The minimum atomic E-state index is -0.354. The third-order valence-corrected chi connectivity index (χ3v) is 2.63. The van der Waals surface area contributed by atoms with Gasteiger partial charge >= 0.3 is 5.97 Å². The summed E-state index contributed by atoms with van der Waals surface area (Å²) in [4.78, 5) is 24.5. The van der Waals surface area contributed by atoms with E-state index in [1.165, 1.54) is 7.11 Å². The van der Waals surface area contributed by atoms with Crippen LogP contribution in [0, 0.1) is 5.92 Å². The zero-order valence-electron chi connectivity index (χ0n) is 9.66. The average Bonchev–Trinajstić information content (AvgIpc) is 2.96. The molecule has 0 unspecified atom stereocenters. The predicted octanol–water partition coefficient (Wildman–Crippen LogP) is 1.20. The van der Waals surface area contributed by atoms with E-state index in [0.717, 1.165) is 12.8 Å². The standard InChI is InChI=1S/C11H19NO3/c1-8(2)12(7-11(14)15-3)10(13)6-9-4-5-9/h8-9H,4-7H2,1-3H3. The molecule has 1 fully saturated rings. The van der Waals surface area contributed by atoms with Crippen molar-refractivity contribution in [1.82, 2.24) is 4.90 Å². The van der Waals surface area contributed by atoms with Crippen LogP contribution in [0.2, 0.25) is 0 Å². The fourth-order valence-corrected chi connectivity index (χ4v) is 1.45. The van der Waals surface area contributed by atoms with E-state index >= 15 is 0 Å². The van der Waals surface area contributed by atoms with Crippen LogP contribution in [0.15, 0.2) is 0 Å². The molecule has 0 spiro atoms. The topological polar surface area (TPSA) is 46.6 Å². The van der Waals surface area contributed by atoms with E-state index in [4.69, 9.17) is 0 Å². The number of nitrogens with zero attached hydrogens (tertiary/aromatic N) is 1. The normalized spacial score (nSPS) is 15.2. The number of carbonyl (C=O) groups excluding carboxylic acids is 2. The van der Waals surface area contributed by atoms with Gasteiger partial charge in [0.2, 0.25) is 5.91 Å². The Morgan fingerprint density at radius 1 is 1.40 bits per heavy atom. The first-order chi connectivity index (χ1) is 7.04. The van der Waals surface area contributed by atoms with Crippen LogP contribution in [0.4, 0.5) is 0 Å². The molecule has 1 amide bonds. The van der Waals surface area contributed by atoms with E-state index in [0.29, 0.717) is 12.3 Å². The molecule has 1 rings (SSSR count). The minimum Gasteiger partial charge on any atom is -0.468 e. The lowest BCUT2D eigenvalue weighted by Gasteiger charge is -2.25. The summed E-state index contributed by atoms with van der Waals surface area (Å²) >= 11 is 0. The van der Waals surface area contributed by atoms with Crippen LogP contribution in [0.3, 0.4) is 0 Å². The van der Waals surface area contributed by atoms with Crippen molar-refractivity contribution in [2.75, 3.05) is 13.7 Å². The van der Waals surface area contributed by atoms with Gasteiger partial charge in [0.15, 0.2) is 0 Å². The monoisotopic (exact) mass is 213 g/mol. The van der Waals surface area contributed by atoms with E-state index in [9.17, 15) is 9.59 Å². The number of hydrogen-bond acceptors (Lipinski definition) is 3. The average molecular weight is 213 g/mol. The molecule has 1 saturated carbocycles. The number of rotatable bonds is 5. The molecule has 0 radical (unpaired) electrons. The van der Waals surface area contributed by atoms with Crippen LogP contribution in [0.1, 0.15) is 33.1 Å². The van der Waals surface area contributed by atoms with Crippen molar-refractivity contribution < 1.29 is 14.3 Å². The first-order valence-electron chi connectivity index (χ1n) is 5.41. The molecule has 0 aromatic rings. The Morgan fingerprint density at radius 2 is 2.00 bits per heavy atom. The molecule has 86 valence electrons. The van der Waals surface area contributed by atoms with E-state index in [1.54, 1.807) is 4.90 Å². The van der Waals surface area contributed by atoms with Crippen LogP contribution < -0.4 is 0 Å². The van der Waals surface area contributed by atoms with Crippen molar-refractivity contribution in [1.29, 1.82) is 0 Å². The van der Waals surface area contributed by atoms with E-state index in [2.05, 4.69) is 4.74 Å². The minimum absolute atomic E-state index is 0.0512. The summed E-state index contributed by atoms with van der Waals surface area (Å²) in [5.74, 6) is 0.266. The maximum Gasteiger partial charge on any atom is 0.325 e. The van der Waals surface area contributed by atoms with Gasteiger partial charge in [-0.05, 0) is 32.6 Å². The quantitative estimate of drug-likeness (QED) is 0.645. The van der Waals surface area contributed by atoms with Crippen LogP contribution >= 0.6 is 0 Å². The fourth-order valence-electron chi connectivity index (χ4n) is 1.45.